The number of hydrogen-bond donors (Lipinski definition) is 1. The molecule has 1 aromatic rings. The molecular weight excluding hydrogens is 338 g/mol. The quantitative estimate of drug-likeness (QED) is 0.730. The van der Waals surface area contributed by atoms with Gasteiger partial charge in [-0.05, 0) is 37.2 Å². The molecule has 2 rings (SSSR count). The topological polar surface area (TPSA) is 89.5 Å². The van der Waals surface area contributed by atoms with Crippen molar-refractivity contribution < 1.29 is 21.6 Å². The number of sulfone groups is 2. The second-order valence-electron chi connectivity index (χ2n) is 5.75. The Morgan fingerprint density at radius 1 is 1.22 bits per heavy atom. The van der Waals surface area contributed by atoms with Gasteiger partial charge in [-0.15, -0.1) is 0 Å². The van der Waals surface area contributed by atoms with Crippen molar-refractivity contribution in [1.82, 2.24) is 5.32 Å². The third-order valence-corrected chi connectivity index (χ3v) is 8.19. The molecule has 0 saturated carbocycles. The Labute approximate surface area is 138 Å². The van der Waals surface area contributed by atoms with Crippen LogP contribution in [0.1, 0.15) is 19.8 Å². The van der Waals surface area contributed by atoms with E-state index in [1.54, 1.807) is 12.1 Å². The van der Waals surface area contributed by atoms with E-state index in [9.17, 15) is 16.8 Å². The van der Waals surface area contributed by atoms with Crippen LogP contribution in [0.15, 0.2) is 29.2 Å². The first-order chi connectivity index (χ1) is 10.8. The third kappa shape index (κ3) is 4.24. The second kappa shape index (κ2) is 7.19. The lowest BCUT2D eigenvalue weighted by atomic mass is 10.2. The fraction of sp³-hybridized carbons (Fsp3) is 0.600. The minimum Gasteiger partial charge on any atom is -0.497 e. The zero-order valence-corrected chi connectivity index (χ0v) is 15.0. The smallest absolute Gasteiger partial charge is 0.183 e. The molecule has 1 fully saturated rings. The highest BCUT2D eigenvalue weighted by Crippen LogP contribution is 2.27. The number of methoxy groups -OCH3 is 1. The van der Waals surface area contributed by atoms with Crippen LogP contribution in [0, 0.1) is 0 Å². The largest absolute Gasteiger partial charge is 0.497 e. The molecular formula is C15H23NO5S2. The maximum absolute atomic E-state index is 12.8. The van der Waals surface area contributed by atoms with E-state index in [2.05, 4.69) is 5.32 Å². The van der Waals surface area contributed by atoms with Gasteiger partial charge in [-0.1, -0.05) is 13.3 Å². The van der Waals surface area contributed by atoms with E-state index >= 15 is 0 Å². The molecule has 0 spiro atoms. The van der Waals surface area contributed by atoms with Crippen molar-refractivity contribution in [3.05, 3.63) is 24.3 Å². The Morgan fingerprint density at radius 2 is 1.87 bits per heavy atom. The first-order valence-electron chi connectivity index (χ1n) is 7.62. The number of ether oxygens (including phenoxy) is 1. The summed E-state index contributed by atoms with van der Waals surface area (Å²) < 4.78 is 54.5. The summed E-state index contributed by atoms with van der Waals surface area (Å²) in [6, 6.07) is 5.49. The van der Waals surface area contributed by atoms with Gasteiger partial charge in [0.15, 0.2) is 19.7 Å². The summed E-state index contributed by atoms with van der Waals surface area (Å²) in [6.45, 7) is 2.64. The third-order valence-electron chi connectivity index (χ3n) is 4.02. The Bertz CT molecular complexity index is 726. The minimum absolute atomic E-state index is 0.127. The molecule has 6 nitrogen and oxygen atoms in total. The van der Waals surface area contributed by atoms with Gasteiger partial charge in [-0.3, -0.25) is 0 Å². The molecule has 0 amide bonds. The van der Waals surface area contributed by atoms with Crippen LogP contribution in [0.25, 0.3) is 0 Å². The number of unbranched alkanes of at least 4 members (excludes halogenated alkanes) is 1. The summed E-state index contributed by atoms with van der Waals surface area (Å²) in [7, 11) is -5.57. The maximum atomic E-state index is 12.8. The van der Waals surface area contributed by atoms with Gasteiger partial charge >= 0.3 is 0 Å². The van der Waals surface area contributed by atoms with Crippen molar-refractivity contribution in [2.45, 2.75) is 36.0 Å². The zero-order valence-electron chi connectivity index (χ0n) is 13.4. The van der Waals surface area contributed by atoms with Crippen LogP contribution >= 0.6 is 0 Å². The first-order valence-corrected chi connectivity index (χ1v) is 11.0. The van der Waals surface area contributed by atoms with Crippen molar-refractivity contribution in [2.75, 3.05) is 25.2 Å². The molecule has 1 aliphatic rings. The molecule has 0 aromatic heterocycles. The van der Waals surface area contributed by atoms with Gasteiger partial charge < -0.3 is 10.1 Å². The van der Waals surface area contributed by atoms with Gasteiger partial charge in [0, 0.05) is 6.04 Å². The summed E-state index contributed by atoms with van der Waals surface area (Å²) in [5.74, 6) is 0.0997. The molecule has 1 aromatic carbocycles. The van der Waals surface area contributed by atoms with Crippen LogP contribution in [-0.2, 0) is 19.7 Å². The number of rotatable bonds is 7. The Kier molecular flexibility index (Phi) is 5.70. The Morgan fingerprint density at radius 3 is 2.43 bits per heavy atom. The molecule has 0 aliphatic carbocycles. The summed E-state index contributed by atoms with van der Waals surface area (Å²) in [5, 5.41) is 2.16. The Hall–Kier alpha value is -1.12. The van der Waals surface area contributed by atoms with Gasteiger partial charge in [-0.2, -0.15) is 0 Å². The predicted octanol–water partition coefficient (Wildman–Crippen LogP) is 1.02. The fourth-order valence-electron chi connectivity index (χ4n) is 2.72. The molecule has 1 heterocycles. The van der Waals surface area contributed by atoms with Crippen LogP contribution < -0.4 is 10.1 Å². The van der Waals surface area contributed by atoms with Crippen molar-refractivity contribution in [3.63, 3.8) is 0 Å². The van der Waals surface area contributed by atoms with Crippen LogP contribution in [0.3, 0.4) is 0 Å². The lowest BCUT2D eigenvalue weighted by Gasteiger charge is -2.20. The zero-order chi connectivity index (χ0) is 17.1. The SMILES string of the molecule is CCCCNC1CS(=O)(=O)CC1S(=O)(=O)c1ccc(OC)cc1. The minimum atomic E-state index is -3.72. The fourth-order valence-corrected chi connectivity index (χ4v) is 7.43. The van der Waals surface area contributed by atoms with Gasteiger partial charge in [0.05, 0.1) is 28.8 Å². The summed E-state index contributed by atoms with van der Waals surface area (Å²) >= 11 is 0. The number of benzene rings is 1. The molecule has 1 aliphatic heterocycles. The van der Waals surface area contributed by atoms with Crippen molar-refractivity contribution in [3.8, 4) is 5.75 Å². The predicted molar refractivity (Wildman–Crippen MR) is 89.3 cm³/mol. The van der Waals surface area contributed by atoms with Crippen molar-refractivity contribution in [1.29, 1.82) is 0 Å². The van der Waals surface area contributed by atoms with E-state index in [4.69, 9.17) is 4.74 Å². The van der Waals surface area contributed by atoms with E-state index in [-0.39, 0.29) is 16.4 Å². The number of nitrogens with one attached hydrogen (secondary N) is 1. The first kappa shape index (κ1) is 18.2. The van der Waals surface area contributed by atoms with E-state index in [0.29, 0.717) is 12.3 Å². The van der Waals surface area contributed by atoms with Crippen molar-refractivity contribution >= 4 is 19.7 Å². The highest BCUT2D eigenvalue weighted by atomic mass is 32.2. The Balaban J connectivity index is 2.27. The second-order valence-corrected chi connectivity index (χ2v) is 10.1. The van der Waals surface area contributed by atoms with E-state index < -0.39 is 31.0 Å². The van der Waals surface area contributed by atoms with Crippen LogP contribution in [0.5, 0.6) is 5.75 Å². The molecule has 8 heteroatoms. The van der Waals surface area contributed by atoms with Gasteiger partial charge in [0.1, 0.15) is 5.75 Å². The average molecular weight is 361 g/mol. The molecule has 1 saturated heterocycles. The summed E-state index contributed by atoms with van der Waals surface area (Å²) in [5.41, 5.74) is 0. The maximum Gasteiger partial charge on any atom is 0.183 e. The van der Waals surface area contributed by atoms with Gasteiger partial charge in [-0.25, -0.2) is 16.8 Å². The lowest BCUT2D eigenvalue weighted by molar-refractivity contribution is 0.414. The molecule has 0 radical (unpaired) electrons. The molecule has 0 bridgehead atoms. The molecule has 130 valence electrons. The standard InChI is InChI=1S/C15H23NO5S2/c1-3-4-9-16-14-10-22(17,18)11-15(14)23(19,20)13-7-5-12(21-2)6-8-13/h5-8,14-16H,3-4,9-11H2,1-2H3. The van der Waals surface area contributed by atoms with Crippen molar-refractivity contribution in [2.24, 2.45) is 0 Å². The van der Waals surface area contributed by atoms with E-state index in [1.165, 1.54) is 19.2 Å². The molecule has 2 atom stereocenters. The van der Waals surface area contributed by atoms with E-state index in [1.807, 2.05) is 6.92 Å². The summed E-state index contributed by atoms with van der Waals surface area (Å²) in [4.78, 5) is 0.127. The van der Waals surface area contributed by atoms with E-state index in [0.717, 1.165) is 12.8 Å². The monoisotopic (exact) mass is 361 g/mol. The summed E-state index contributed by atoms with van der Waals surface area (Å²) in [6.07, 6.45) is 1.84. The van der Waals surface area contributed by atoms with Crippen LogP contribution in [0.4, 0.5) is 0 Å². The highest BCUT2D eigenvalue weighted by Gasteiger charge is 2.45. The number of hydrogen-bond acceptors (Lipinski definition) is 6. The molecule has 1 N–H and O–H groups in total. The van der Waals surface area contributed by atoms with Crippen LogP contribution in [-0.4, -0.2) is 53.3 Å². The van der Waals surface area contributed by atoms with Crippen LogP contribution in [0.2, 0.25) is 0 Å². The molecule has 23 heavy (non-hydrogen) atoms. The normalized spacial score (nSPS) is 23.7. The lowest BCUT2D eigenvalue weighted by Crippen LogP contribution is -2.43. The molecule has 2 unspecified atom stereocenters. The highest BCUT2D eigenvalue weighted by molar-refractivity contribution is 7.96. The van der Waals surface area contributed by atoms with Gasteiger partial charge in [0.25, 0.3) is 0 Å². The average Bonchev–Trinajstić information content (AvgIpc) is 2.83. The van der Waals surface area contributed by atoms with Gasteiger partial charge in [0.2, 0.25) is 0 Å².